The third-order valence-electron chi connectivity index (χ3n) is 5.42. The van der Waals surface area contributed by atoms with Crippen LogP contribution in [0, 0.1) is 0 Å². The Morgan fingerprint density at radius 1 is 0.606 bits per heavy atom. The van der Waals surface area contributed by atoms with Crippen molar-refractivity contribution >= 4 is 11.8 Å². The van der Waals surface area contributed by atoms with Crippen molar-refractivity contribution in [3.05, 3.63) is 10.6 Å². The predicted molar refractivity (Wildman–Crippen MR) is 121 cm³/mol. The van der Waals surface area contributed by atoms with Gasteiger partial charge in [0, 0.05) is 13.1 Å². The van der Waals surface area contributed by atoms with Gasteiger partial charge in [0.1, 0.15) is 11.2 Å². The summed E-state index contributed by atoms with van der Waals surface area (Å²) < 4.78 is 23.0. The maximum absolute atomic E-state index is 13.2. The first-order valence-corrected chi connectivity index (χ1v) is 11.3. The van der Waals surface area contributed by atoms with Gasteiger partial charge >= 0.3 is 16.5 Å². The Morgan fingerprint density at radius 3 is 1.30 bits per heavy atom. The first-order valence-electron chi connectivity index (χ1n) is 11.3. The molecule has 3 fully saturated rings. The van der Waals surface area contributed by atoms with Gasteiger partial charge in [-0.25, -0.2) is 0 Å². The fourth-order valence-corrected chi connectivity index (χ4v) is 3.43. The molecule has 33 heavy (non-hydrogen) atoms. The fraction of sp³-hybridized carbons (Fsp3) is 0.909. The minimum atomic E-state index is -1.18. The van der Waals surface area contributed by atoms with E-state index in [9.17, 15) is 9.59 Å². The van der Waals surface area contributed by atoms with Gasteiger partial charge in [-0.15, -0.1) is 0 Å². The molecule has 0 saturated carbocycles. The normalized spacial score (nSPS) is 32.9. The first-order chi connectivity index (χ1) is 14.9. The van der Waals surface area contributed by atoms with E-state index in [0.29, 0.717) is 39.5 Å². The van der Waals surface area contributed by atoms with Crippen molar-refractivity contribution in [2.45, 2.75) is 63.8 Å². The van der Waals surface area contributed by atoms with Crippen molar-refractivity contribution in [1.29, 1.82) is 0 Å². The van der Waals surface area contributed by atoms with E-state index in [2.05, 4.69) is 21.3 Å². The van der Waals surface area contributed by atoms with Crippen LogP contribution in [0.5, 0.6) is 0 Å². The summed E-state index contributed by atoms with van der Waals surface area (Å²) in [6, 6.07) is 0. The molecule has 2 unspecified atom stereocenters. The molecule has 3 aliphatic heterocycles. The molecule has 0 aliphatic carbocycles. The number of hydrogen-bond donors (Lipinski definition) is 2. The van der Waals surface area contributed by atoms with Crippen LogP contribution in [-0.4, -0.2) is 99.9 Å². The van der Waals surface area contributed by atoms with Gasteiger partial charge in [-0.3, -0.25) is 0 Å². The molecule has 0 radical (unpaired) electrons. The number of nitrogens with one attached hydrogen (secondary N) is 2. The van der Waals surface area contributed by atoms with Crippen LogP contribution in [0.3, 0.4) is 0 Å². The second-order valence-electron chi connectivity index (χ2n) is 10.0. The molecule has 0 aromatic carbocycles. The average molecular weight is 515 g/mol. The maximum Gasteiger partial charge on any atom is 2.00 e. The second kappa shape index (κ2) is 12.8. The summed E-state index contributed by atoms with van der Waals surface area (Å²) in [7, 11) is 0. The van der Waals surface area contributed by atoms with Crippen LogP contribution >= 0.6 is 0 Å². The van der Waals surface area contributed by atoms with Crippen molar-refractivity contribution in [2.75, 3.05) is 65.8 Å². The number of amides is 2. The Hall–Kier alpha value is -0.806. The molecule has 2 atom stereocenters. The van der Waals surface area contributed by atoms with Crippen molar-refractivity contribution < 1.29 is 45.0 Å². The zero-order chi connectivity index (χ0) is 23.9. The Balaban J connectivity index is 0.00000544. The molecule has 10 nitrogen and oxygen atoms in total. The number of carbonyl (C=O) groups is 2. The molecule has 194 valence electrons. The SMILES string of the molecule is CC1(C)CNCC2(C)OCCOCCOCCOC(C)(CNCC(C)(C)[N-]C2=O)C(=O)[N-]1.[Ni+2]. The molecular formula is C22H40N4NiO6. The van der Waals surface area contributed by atoms with Crippen molar-refractivity contribution in [3.8, 4) is 0 Å². The smallest absolute Gasteiger partial charge is 0.645 e. The van der Waals surface area contributed by atoms with E-state index in [1.807, 2.05) is 27.7 Å². The minimum Gasteiger partial charge on any atom is -0.645 e. The number of hydrogen-bond acceptors (Lipinski definition) is 8. The Labute approximate surface area is 207 Å². The van der Waals surface area contributed by atoms with E-state index >= 15 is 0 Å². The standard InChI is InChI=1S/C22H42N4O6.Ni/c1-19(2)13-23-15-22(6)18(28)26-20(3,4)14-24-16-21(5,17(27)25-19)31-11-9-29-7-8-30-10-12-32-22;/h23-24H,7-16H2,1-6H3,(H2,25,26,27,28);/q;+2/p-2. The third kappa shape index (κ3) is 9.76. The van der Waals surface area contributed by atoms with Crippen LogP contribution in [0.25, 0.3) is 10.6 Å². The molecular weight excluding hydrogens is 475 g/mol. The van der Waals surface area contributed by atoms with Gasteiger partial charge in [-0.2, -0.15) is 0 Å². The van der Waals surface area contributed by atoms with Gasteiger partial charge in [0.05, 0.1) is 51.5 Å². The van der Waals surface area contributed by atoms with Crippen molar-refractivity contribution in [2.24, 2.45) is 0 Å². The van der Waals surface area contributed by atoms with E-state index in [1.165, 1.54) is 0 Å². The molecule has 2 amide bonds. The molecule has 2 N–H and O–H groups in total. The van der Waals surface area contributed by atoms with Crippen LogP contribution in [0.15, 0.2) is 0 Å². The number of ether oxygens (including phenoxy) is 4. The number of carbonyl (C=O) groups excluding carboxylic acids is 2. The molecule has 3 aliphatic rings. The third-order valence-corrected chi connectivity index (χ3v) is 5.42. The summed E-state index contributed by atoms with van der Waals surface area (Å²) in [5.41, 5.74) is -3.77. The van der Waals surface area contributed by atoms with Crippen LogP contribution in [0.1, 0.15) is 41.5 Å². The van der Waals surface area contributed by atoms with E-state index in [-0.39, 0.29) is 54.6 Å². The molecule has 3 saturated heterocycles. The summed E-state index contributed by atoms with van der Waals surface area (Å²) in [6.07, 6.45) is 0. The molecule has 3 rings (SSSR count). The Kier molecular flexibility index (Phi) is 11.7. The summed E-state index contributed by atoms with van der Waals surface area (Å²) in [4.78, 5) is 26.3. The minimum absolute atomic E-state index is 0. The van der Waals surface area contributed by atoms with Crippen LogP contribution < -0.4 is 10.6 Å². The molecule has 0 aromatic heterocycles. The van der Waals surface area contributed by atoms with Crippen LogP contribution in [0.4, 0.5) is 0 Å². The van der Waals surface area contributed by atoms with Gasteiger partial charge in [0.25, 0.3) is 0 Å². The zero-order valence-corrected chi connectivity index (χ0v) is 21.7. The number of fused-ring (bicyclic) bond motifs is 19. The Bertz CT molecular complexity index is 596. The Morgan fingerprint density at radius 2 is 0.939 bits per heavy atom. The summed E-state index contributed by atoms with van der Waals surface area (Å²) in [6.45, 7) is 14.0. The van der Waals surface area contributed by atoms with Gasteiger partial charge in [-0.1, -0.05) is 38.8 Å². The predicted octanol–water partition coefficient (Wildman–Crippen LogP) is 1.13. The number of nitrogens with zero attached hydrogens (tertiary/aromatic N) is 2. The molecule has 0 aromatic rings. The van der Waals surface area contributed by atoms with E-state index in [0.717, 1.165) is 0 Å². The van der Waals surface area contributed by atoms with E-state index in [1.54, 1.807) is 13.8 Å². The summed E-state index contributed by atoms with van der Waals surface area (Å²) >= 11 is 0. The van der Waals surface area contributed by atoms with Gasteiger partial charge in [-0.05, 0) is 26.9 Å². The van der Waals surface area contributed by atoms with E-state index < -0.39 is 22.3 Å². The van der Waals surface area contributed by atoms with E-state index in [4.69, 9.17) is 18.9 Å². The first kappa shape index (κ1) is 30.2. The zero-order valence-electron chi connectivity index (χ0n) is 20.7. The van der Waals surface area contributed by atoms with Crippen molar-refractivity contribution in [3.63, 3.8) is 0 Å². The summed E-state index contributed by atoms with van der Waals surface area (Å²) in [5, 5.41) is 15.4. The van der Waals surface area contributed by atoms with Crippen LogP contribution in [0.2, 0.25) is 0 Å². The summed E-state index contributed by atoms with van der Waals surface area (Å²) in [5.74, 6) is -0.689. The van der Waals surface area contributed by atoms with Gasteiger partial charge < -0.3 is 49.8 Å². The largest absolute Gasteiger partial charge is 2.00 e. The van der Waals surface area contributed by atoms with Gasteiger partial charge in [0.2, 0.25) is 0 Å². The molecule has 2 bridgehead atoms. The quantitative estimate of drug-likeness (QED) is 0.364. The molecule has 3 heterocycles. The topological polar surface area (TPSA) is 123 Å². The molecule has 11 heteroatoms. The number of rotatable bonds is 0. The van der Waals surface area contributed by atoms with Crippen molar-refractivity contribution in [1.82, 2.24) is 10.6 Å². The average Bonchev–Trinajstić information content (AvgIpc) is 2.67. The fourth-order valence-electron chi connectivity index (χ4n) is 3.43. The molecule has 0 spiro atoms. The maximum atomic E-state index is 13.2. The monoisotopic (exact) mass is 514 g/mol. The van der Waals surface area contributed by atoms with Gasteiger partial charge in [0.15, 0.2) is 0 Å². The second-order valence-corrected chi connectivity index (χ2v) is 10.0. The van der Waals surface area contributed by atoms with Crippen LogP contribution in [-0.2, 0) is 45.0 Å².